The monoisotopic (exact) mass is 362 g/mol. The third-order valence-corrected chi connectivity index (χ3v) is 5.97. The SMILES string of the molecule is CCNC(=NCCCOC1CCOC1)NCCN1CCCS1(=O)=O. The second-order valence-corrected chi connectivity index (χ2v) is 8.05. The maximum Gasteiger partial charge on any atom is 0.214 e. The van der Waals surface area contributed by atoms with E-state index in [0.717, 1.165) is 38.4 Å². The maximum atomic E-state index is 11.7. The number of hydrogen-bond donors (Lipinski definition) is 2. The molecular formula is C15H30N4O4S. The van der Waals surface area contributed by atoms with Gasteiger partial charge in [0.25, 0.3) is 0 Å². The van der Waals surface area contributed by atoms with Crippen molar-refractivity contribution in [2.24, 2.45) is 4.99 Å². The molecule has 2 N–H and O–H groups in total. The Kier molecular flexibility index (Phi) is 8.23. The Hall–Kier alpha value is -0.900. The number of sulfonamides is 1. The lowest BCUT2D eigenvalue weighted by molar-refractivity contribution is 0.0424. The molecule has 0 radical (unpaired) electrons. The molecule has 0 amide bonds. The Labute approximate surface area is 145 Å². The smallest absolute Gasteiger partial charge is 0.214 e. The Bertz CT molecular complexity index is 492. The van der Waals surface area contributed by atoms with E-state index < -0.39 is 10.0 Å². The summed E-state index contributed by atoms with van der Waals surface area (Å²) < 4.78 is 36.0. The molecule has 8 nitrogen and oxygen atoms in total. The van der Waals surface area contributed by atoms with E-state index in [9.17, 15) is 8.42 Å². The molecule has 0 aromatic heterocycles. The summed E-state index contributed by atoms with van der Waals surface area (Å²) in [7, 11) is -3.02. The average molecular weight is 362 g/mol. The van der Waals surface area contributed by atoms with Gasteiger partial charge in [-0.15, -0.1) is 0 Å². The van der Waals surface area contributed by atoms with Crippen molar-refractivity contribution in [2.75, 3.05) is 58.3 Å². The first-order valence-electron chi connectivity index (χ1n) is 8.81. The van der Waals surface area contributed by atoms with Crippen LogP contribution in [0.3, 0.4) is 0 Å². The van der Waals surface area contributed by atoms with Crippen molar-refractivity contribution in [1.82, 2.24) is 14.9 Å². The van der Waals surface area contributed by atoms with Crippen LogP contribution in [-0.2, 0) is 19.5 Å². The quantitative estimate of drug-likeness (QED) is 0.334. The largest absolute Gasteiger partial charge is 0.379 e. The Balaban J connectivity index is 1.62. The molecule has 24 heavy (non-hydrogen) atoms. The summed E-state index contributed by atoms with van der Waals surface area (Å²) >= 11 is 0. The molecule has 2 aliphatic rings. The molecule has 0 spiro atoms. The van der Waals surface area contributed by atoms with E-state index in [4.69, 9.17) is 9.47 Å². The highest BCUT2D eigenvalue weighted by atomic mass is 32.2. The summed E-state index contributed by atoms with van der Waals surface area (Å²) in [6.07, 6.45) is 2.80. The Morgan fingerprint density at radius 1 is 1.42 bits per heavy atom. The van der Waals surface area contributed by atoms with E-state index in [1.54, 1.807) is 4.31 Å². The van der Waals surface area contributed by atoms with Crippen molar-refractivity contribution >= 4 is 16.0 Å². The molecule has 2 rings (SSSR count). The van der Waals surface area contributed by atoms with E-state index in [0.29, 0.717) is 39.4 Å². The number of ether oxygens (including phenoxy) is 2. The summed E-state index contributed by atoms with van der Waals surface area (Å²) in [5.74, 6) is 0.992. The molecule has 2 saturated heterocycles. The highest BCUT2D eigenvalue weighted by Gasteiger charge is 2.27. The summed E-state index contributed by atoms with van der Waals surface area (Å²) in [6.45, 7) is 7.29. The number of rotatable bonds is 9. The molecule has 2 heterocycles. The molecule has 0 aliphatic carbocycles. The molecular weight excluding hydrogens is 332 g/mol. The molecule has 1 atom stereocenters. The van der Waals surface area contributed by atoms with Crippen LogP contribution in [0.2, 0.25) is 0 Å². The van der Waals surface area contributed by atoms with Crippen LogP contribution >= 0.6 is 0 Å². The van der Waals surface area contributed by atoms with Crippen molar-refractivity contribution in [2.45, 2.75) is 32.3 Å². The molecule has 9 heteroatoms. The van der Waals surface area contributed by atoms with Gasteiger partial charge >= 0.3 is 0 Å². The maximum absolute atomic E-state index is 11.7. The van der Waals surface area contributed by atoms with Crippen LogP contribution in [0, 0.1) is 0 Å². The Morgan fingerprint density at radius 2 is 2.29 bits per heavy atom. The molecule has 0 bridgehead atoms. The normalized spacial score (nSPS) is 24.4. The van der Waals surface area contributed by atoms with Gasteiger partial charge in [0.1, 0.15) is 0 Å². The minimum Gasteiger partial charge on any atom is -0.379 e. The third kappa shape index (κ3) is 6.54. The minimum atomic E-state index is -3.02. The van der Waals surface area contributed by atoms with E-state index in [2.05, 4.69) is 15.6 Å². The number of nitrogens with one attached hydrogen (secondary N) is 2. The van der Waals surface area contributed by atoms with Crippen LogP contribution in [0.5, 0.6) is 0 Å². The molecule has 1 unspecified atom stereocenters. The van der Waals surface area contributed by atoms with Crippen LogP contribution in [0.4, 0.5) is 0 Å². The van der Waals surface area contributed by atoms with E-state index in [1.165, 1.54) is 0 Å². The molecule has 0 saturated carbocycles. The van der Waals surface area contributed by atoms with Gasteiger partial charge in [-0.2, -0.15) is 0 Å². The van der Waals surface area contributed by atoms with Gasteiger partial charge in [0.2, 0.25) is 10.0 Å². The van der Waals surface area contributed by atoms with Crippen LogP contribution < -0.4 is 10.6 Å². The summed E-state index contributed by atoms with van der Waals surface area (Å²) in [5.41, 5.74) is 0. The lowest BCUT2D eigenvalue weighted by Gasteiger charge is -2.16. The average Bonchev–Trinajstić information content (AvgIpc) is 3.17. The Morgan fingerprint density at radius 3 is 2.96 bits per heavy atom. The zero-order valence-corrected chi connectivity index (χ0v) is 15.3. The summed E-state index contributed by atoms with van der Waals surface area (Å²) in [5, 5.41) is 6.36. The number of guanidine groups is 1. The van der Waals surface area contributed by atoms with Crippen molar-refractivity contribution in [3.8, 4) is 0 Å². The third-order valence-electron chi connectivity index (χ3n) is 4.01. The highest BCUT2D eigenvalue weighted by molar-refractivity contribution is 7.89. The highest BCUT2D eigenvalue weighted by Crippen LogP contribution is 2.11. The van der Waals surface area contributed by atoms with Crippen molar-refractivity contribution in [1.29, 1.82) is 0 Å². The fraction of sp³-hybridized carbons (Fsp3) is 0.933. The van der Waals surface area contributed by atoms with Crippen LogP contribution in [0.25, 0.3) is 0 Å². The molecule has 2 aliphatic heterocycles. The number of hydrogen-bond acceptors (Lipinski definition) is 5. The van der Waals surface area contributed by atoms with Crippen LogP contribution in [-0.4, -0.2) is 83.1 Å². The second-order valence-electron chi connectivity index (χ2n) is 5.97. The van der Waals surface area contributed by atoms with Gasteiger partial charge in [0.05, 0.1) is 18.5 Å². The molecule has 0 aromatic rings. The summed E-state index contributed by atoms with van der Waals surface area (Å²) in [6, 6.07) is 0. The first kappa shape index (κ1) is 19.4. The van der Waals surface area contributed by atoms with Crippen molar-refractivity contribution in [3.63, 3.8) is 0 Å². The minimum absolute atomic E-state index is 0.239. The lowest BCUT2D eigenvalue weighted by Crippen LogP contribution is -2.42. The van der Waals surface area contributed by atoms with Crippen LogP contribution in [0.1, 0.15) is 26.2 Å². The topological polar surface area (TPSA) is 92.3 Å². The van der Waals surface area contributed by atoms with Crippen LogP contribution in [0.15, 0.2) is 4.99 Å². The lowest BCUT2D eigenvalue weighted by atomic mass is 10.3. The van der Waals surface area contributed by atoms with Crippen molar-refractivity contribution in [3.05, 3.63) is 0 Å². The number of aliphatic imine (C=N–C) groups is 1. The van der Waals surface area contributed by atoms with E-state index >= 15 is 0 Å². The van der Waals surface area contributed by atoms with Crippen molar-refractivity contribution < 1.29 is 17.9 Å². The second kappa shape index (κ2) is 10.2. The fourth-order valence-corrected chi connectivity index (χ4v) is 4.26. The zero-order chi connectivity index (χ0) is 17.3. The van der Waals surface area contributed by atoms with Gasteiger partial charge in [-0.1, -0.05) is 0 Å². The predicted molar refractivity (Wildman–Crippen MR) is 93.8 cm³/mol. The molecule has 140 valence electrons. The van der Waals surface area contributed by atoms with E-state index in [-0.39, 0.29) is 11.9 Å². The molecule has 2 fully saturated rings. The van der Waals surface area contributed by atoms with E-state index in [1.807, 2.05) is 6.92 Å². The van der Waals surface area contributed by atoms with Gasteiger partial charge in [0.15, 0.2) is 5.96 Å². The predicted octanol–water partition coefficient (Wildman–Crippen LogP) is -0.227. The van der Waals surface area contributed by atoms with Gasteiger partial charge in [-0.25, -0.2) is 12.7 Å². The first-order valence-corrected chi connectivity index (χ1v) is 10.4. The van der Waals surface area contributed by atoms with Gasteiger partial charge < -0.3 is 20.1 Å². The number of nitrogens with zero attached hydrogens (tertiary/aromatic N) is 2. The zero-order valence-electron chi connectivity index (χ0n) is 14.5. The fourth-order valence-electron chi connectivity index (χ4n) is 2.73. The van der Waals surface area contributed by atoms with Gasteiger partial charge in [-0.3, -0.25) is 4.99 Å². The van der Waals surface area contributed by atoms with Gasteiger partial charge in [-0.05, 0) is 26.2 Å². The first-order chi connectivity index (χ1) is 11.6. The molecule has 0 aromatic carbocycles. The summed E-state index contributed by atoms with van der Waals surface area (Å²) in [4.78, 5) is 4.49. The van der Waals surface area contributed by atoms with Gasteiger partial charge in [0, 0.05) is 45.9 Å². The standard InChI is InChI=1S/C15H30N4O4S/c1-2-16-15(17-6-3-10-23-14-5-11-22-13-14)18-7-9-19-8-4-12-24(19,20)21/h14H,2-13H2,1H3,(H2,16,17,18).